The van der Waals surface area contributed by atoms with E-state index in [9.17, 15) is 4.79 Å². The number of benzene rings is 2. The van der Waals surface area contributed by atoms with Crippen molar-refractivity contribution < 1.29 is 4.79 Å². The Morgan fingerprint density at radius 2 is 1.80 bits per heavy atom. The summed E-state index contributed by atoms with van der Waals surface area (Å²) in [5.74, 6) is 0.760. The minimum absolute atomic E-state index is 0.191. The Morgan fingerprint density at radius 1 is 1.10 bits per heavy atom. The summed E-state index contributed by atoms with van der Waals surface area (Å²) in [5.41, 5.74) is 5.62. The number of allylic oxidation sites excluding steroid dienone is 1. The lowest BCUT2D eigenvalue weighted by Crippen LogP contribution is -2.19. The quantitative estimate of drug-likeness (QED) is 0.242. The second kappa shape index (κ2) is 11.9. The first-order chi connectivity index (χ1) is 14.6. The van der Waals surface area contributed by atoms with E-state index in [-0.39, 0.29) is 11.7 Å². The zero-order chi connectivity index (χ0) is 21.2. The van der Waals surface area contributed by atoms with E-state index in [0.29, 0.717) is 0 Å². The number of hydrazone groups is 1. The van der Waals surface area contributed by atoms with Crippen LogP contribution in [0.15, 0.2) is 74.0 Å². The maximum Gasteiger partial charge on any atom is 0.250 e. The van der Waals surface area contributed by atoms with E-state index in [1.165, 1.54) is 23.1 Å². The van der Waals surface area contributed by atoms with Crippen molar-refractivity contribution in [1.82, 2.24) is 15.6 Å². The summed E-state index contributed by atoms with van der Waals surface area (Å²) in [6, 6.07) is 17.7. The Balaban J connectivity index is 1.41. The largest absolute Gasteiger partial charge is 0.272 e. The predicted molar refractivity (Wildman–Crippen MR) is 128 cm³/mol. The molecule has 1 amide bonds. The van der Waals surface area contributed by atoms with E-state index in [1.807, 2.05) is 67.6 Å². The first-order valence-electron chi connectivity index (χ1n) is 8.98. The van der Waals surface area contributed by atoms with Crippen molar-refractivity contribution in [3.63, 3.8) is 0 Å². The summed E-state index contributed by atoms with van der Waals surface area (Å²) in [6.07, 6.45) is 3.62. The SMILES string of the molecule is C/C(C=NNC(=O)CSc1nnc(SCc2ccccc2Cl)s1)=C\c1ccccc1. The van der Waals surface area contributed by atoms with E-state index in [0.717, 1.165) is 36.2 Å². The maximum atomic E-state index is 12.0. The van der Waals surface area contributed by atoms with Crippen LogP contribution in [0, 0.1) is 0 Å². The summed E-state index contributed by atoms with van der Waals surface area (Å²) in [7, 11) is 0. The minimum atomic E-state index is -0.191. The summed E-state index contributed by atoms with van der Waals surface area (Å²) in [6.45, 7) is 1.93. The normalized spacial score (nSPS) is 11.7. The molecule has 0 aliphatic carbocycles. The van der Waals surface area contributed by atoms with Crippen LogP contribution in [0.3, 0.4) is 0 Å². The van der Waals surface area contributed by atoms with Gasteiger partial charge in [0.25, 0.3) is 5.91 Å². The molecule has 0 fully saturated rings. The second-order valence-electron chi connectivity index (χ2n) is 6.09. The Hall–Kier alpha value is -2.13. The third-order valence-electron chi connectivity index (χ3n) is 3.67. The van der Waals surface area contributed by atoms with E-state index in [2.05, 4.69) is 20.7 Å². The molecule has 3 rings (SSSR count). The number of nitrogens with one attached hydrogen (secondary N) is 1. The van der Waals surface area contributed by atoms with Crippen LogP contribution >= 0.6 is 46.5 Å². The number of nitrogens with zero attached hydrogens (tertiary/aromatic N) is 3. The zero-order valence-corrected chi connectivity index (χ0v) is 19.3. The molecule has 0 saturated carbocycles. The minimum Gasteiger partial charge on any atom is -0.272 e. The van der Waals surface area contributed by atoms with Gasteiger partial charge in [-0.05, 0) is 29.7 Å². The lowest BCUT2D eigenvalue weighted by atomic mass is 10.1. The fraction of sp³-hybridized carbons (Fsp3) is 0.143. The van der Waals surface area contributed by atoms with Gasteiger partial charge in [0, 0.05) is 10.8 Å². The number of rotatable bonds is 9. The molecule has 154 valence electrons. The molecule has 0 radical (unpaired) electrons. The van der Waals surface area contributed by atoms with Gasteiger partial charge in [0.2, 0.25) is 0 Å². The number of carbonyl (C=O) groups excluding carboxylic acids is 1. The second-order valence-corrected chi connectivity index (χ2v) is 9.92. The summed E-state index contributed by atoms with van der Waals surface area (Å²) >= 11 is 10.6. The van der Waals surface area contributed by atoms with Crippen LogP contribution in [0.25, 0.3) is 6.08 Å². The van der Waals surface area contributed by atoms with Crippen molar-refractivity contribution in [3.05, 3.63) is 76.3 Å². The Kier molecular flexibility index (Phi) is 8.95. The van der Waals surface area contributed by atoms with Crippen molar-refractivity contribution in [3.8, 4) is 0 Å². The van der Waals surface area contributed by atoms with E-state index >= 15 is 0 Å². The van der Waals surface area contributed by atoms with E-state index < -0.39 is 0 Å². The molecule has 0 aliphatic heterocycles. The molecule has 30 heavy (non-hydrogen) atoms. The lowest BCUT2D eigenvalue weighted by molar-refractivity contribution is -0.118. The van der Waals surface area contributed by atoms with Gasteiger partial charge in [0.1, 0.15) is 0 Å². The molecule has 0 saturated heterocycles. The standard InChI is InChI=1S/C21H19ClN4OS3/c1-15(11-16-7-3-2-4-8-16)12-23-24-19(27)14-29-21-26-25-20(30-21)28-13-17-9-5-6-10-18(17)22/h2-12H,13-14H2,1H3,(H,24,27)/b15-11+,23-12?. The number of halogens is 1. The number of carbonyl (C=O) groups is 1. The van der Waals surface area contributed by atoms with Gasteiger partial charge in [-0.15, -0.1) is 10.2 Å². The lowest BCUT2D eigenvalue weighted by Gasteiger charge is -2.00. The van der Waals surface area contributed by atoms with Crippen molar-refractivity contribution in [2.45, 2.75) is 21.4 Å². The van der Waals surface area contributed by atoms with E-state index in [4.69, 9.17) is 11.6 Å². The van der Waals surface area contributed by atoms with Gasteiger partial charge < -0.3 is 0 Å². The topological polar surface area (TPSA) is 67.2 Å². The van der Waals surface area contributed by atoms with Gasteiger partial charge >= 0.3 is 0 Å². The molecule has 5 nitrogen and oxygen atoms in total. The van der Waals surface area contributed by atoms with Crippen LogP contribution in [-0.2, 0) is 10.5 Å². The molecule has 2 aromatic carbocycles. The summed E-state index contributed by atoms with van der Waals surface area (Å²) in [4.78, 5) is 12.0. The van der Waals surface area contributed by atoms with Gasteiger partial charge in [0.15, 0.2) is 8.68 Å². The van der Waals surface area contributed by atoms with Crippen LogP contribution in [0.1, 0.15) is 18.1 Å². The van der Waals surface area contributed by atoms with Crippen LogP contribution in [0.4, 0.5) is 0 Å². The maximum absolute atomic E-state index is 12.0. The van der Waals surface area contributed by atoms with Crippen molar-refractivity contribution >= 4 is 64.7 Å². The fourth-order valence-corrected chi connectivity index (χ4v) is 5.38. The van der Waals surface area contributed by atoms with Crippen LogP contribution in [-0.4, -0.2) is 28.1 Å². The van der Waals surface area contributed by atoms with Gasteiger partial charge in [-0.25, -0.2) is 5.43 Å². The van der Waals surface area contributed by atoms with Crippen molar-refractivity contribution in [1.29, 1.82) is 0 Å². The number of hydrogen-bond acceptors (Lipinski definition) is 7. The van der Waals surface area contributed by atoms with Crippen molar-refractivity contribution in [2.75, 3.05) is 5.75 Å². The molecule has 1 N–H and O–H groups in total. The zero-order valence-electron chi connectivity index (χ0n) is 16.1. The Bertz CT molecular complexity index is 1040. The number of amides is 1. The molecule has 0 atom stereocenters. The highest BCUT2D eigenvalue weighted by Crippen LogP contribution is 2.32. The Morgan fingerprint density at radius 3 is 2.57 bits per heavy atom. The number of aromatic nitrogens is 2. The van der Waals surface area contributed by atoms with Gasteiger partial charge in [-0.2, -0.15) is 5.10 Å². The summed E-state index contributed by atoms with van der Waals surface area (Å²) < 4.78 is 1.59. The molecule has 0 unspecified atom stereocenters. The van der Waals surface area contributed by atoms with Gasteiger partial charge in [0.05, 0.1) is 12.0 Å². The third kappa shape index (κ3) is 7.60. The molecule has 9 heteroatoms. The monoisotopic (exact) mass is 474 g/mol. The fourth-order valence-electron chi connectivity index (χ4n) is 2.28. The highest BCUT2D eigenvalue weighted by Gasteiger charge is 2.09. The molecular weight excluding hydrogens is 456 g/mol. The first-order valence-corrected chi connectivity index (χ1v) is 12.1. The molecular formula is C21H19ClN4OS3. The molecule has 1 aromatic heterocycles. The smallest absolute Gasteiger partial charge is 0.250 e. The highest BCUT2D eigenvalue weighted by molar-refractivity contribution is 8.03. The average molecular weight is 475 g/mol. The van der Waals surface area contributed by atoms with E-state index in [1.54, 1.807) is 18.0 Å². The molecule has 0 aliphatic rings. The van der Waals surface area contributed by atoms with Crippen LogP contribution < -0.4 is 5.43 Å². The molecule has 0 spiro atoms. The predicted octanol–water partition coefficient (Wildman–Crippen LogP) is 5.78. The van der Waals surface area contributed by atoms with Crippen LogP contribution in [0.2, 0.25) is 5.02 Å². The summed E-state index contributed by atoms with van der Waals surface area (Å²) in [5, 5.41) is 13.0. The number of thioether (sulfide) groups is 2. The van der Waals surface area contributed by atoms with Gasteiger partial charge in [-0.3, -0.25) is 4.79 Å². The number of hydrogen-bond donors (Lipinski definition) is 1. The van der Waals surface area contributed by atoms with Crippen LogP contribution in [0.5, 0.6) is 0 Å². The third-order valence-corrected chi connectivity index (χ3v) is 7.28. The highest BCUT2D eigenvalue weighted by atomic mass is 35.5. The molecule has 3 aromatic rings. The van der Waals surface area contributed by atoms with Gasteiger partial charge in [-0.1, -0.05) is 101 Å². The Labute approximate surface area is 193 Å². The van der Waals surface area contributed by atoms with Crippen molar-refractivity contribution in [2.24, 2.45) is 5.10 Å². The first kappa shape index (κ1) is 22.6. The average Bonchev–Trinajstić information content (AvgIpc) is 3.20. The molecule has 0 bridgehead atoms. The molecule has 1 heterocycles.